The van der Waals surface area contributed by atoms with Crippen LogP contribution in [0.25, 0.3) is 0 Å². The normalized spacial score (nSPS) is 18.5. The van der Waals surface area contributed by atoms with Crippen molar-refractivity contribution < 1.29 is 9.53 Å². The number of nitrogens with zero attached hydrogens (tertiary/aromatic N) is 1. The summed E-state index contributed by atoms with van der Waals surface area (Å²) < 4.78 is 5.37. The highest BCUT2D eigenvalue weighted by molar-refractivity contribution is 5.85. The van der Waals surface area contributed by atoms with Gasteiger partial charge in [-0.3, -0.25) is 4.79 Å². The van der Waals surface area contributed by atoms with Crippen LogP contribution < -0.4 is 5.32 Å². The van der Waals surface area contributed by atoms with Crippen molar-refractivity contribution in [3.05, 3.63) is 35.4 Å². The molecule has 124 valence electrons. The number of nitrogens with one attached hydrogen (secondary N) is 1. The van der Waals surface area contributed by atoms with Crippen LogP contribution in [-0.2, 0) is 14.9 Å². The van der Waals surface area contributed by atoms with Crippen molar-refractivity contribution in [1.82, 2.24) is 10.2 Å². The Kier molecular flexibility index (Phi) is 6.85. The second kappa shape index (κ2) is 7.95. The Morgan fingerprint density at radius 1 is 1.36 bits per heavy atom. The molecular weight excluding hydrogens is 300 g/mol. The molecule has 1 aliphatic heterocycles. The largest absolute Gasteiger partial charge is 0.378 e. The van der Waals surface area contributed by atoms with E-state index in [4.69, 9.17) is 4.74 Å². The second-order valence-electron chi connectivity index (χ2n) is 6.53. The molecule has 0 aliphatic carbocycles. The molecule has 1 aromatic rings. The Hall–Kier alpha value is -1.10. The molecule has 5 heteroatoms. The highest BCUT2D eigenvalue weighted by Crippen LogP contribution is 2.24. The van der Waals surface area contributed by atoms with Crippen molar-refractivity contribution in [2.75, 3.05) is 33.4 Å². The molecule has 1 aliphatic rings. The molecule has 0 aromatic heterocycles. The van der Waals surface area contributed by atoms with Crippen LogP contribution in [0.1, 0.15) is 25.0 Å². The fourth-order valence-electron chi connectivity index (χ4n) is 2.76. The minimum atomic E-state index is -0.211. The Balaban J connectivity index is 0.00000242. The summed E-state index contributed by atoms with van der Waals surface area (Å²) in [6.45, 7) is 9.01. The highest BCUT2D eigenvalue weighted by Gasteiger charge is 2.29. The molecule has 1 saturated heterocycles. The van der Waals surface area contributed by atoms with Gasteiger partial charge in [-0.25, -0.2) is 0 Å². The van der Waals surface area contributed by atoms with E-state index >= 15 is 0 Å². The van der Waals surface area contributed by atoms with Gasteiger partial charge in [-0.05, 0) is 12.5 Å². The number of rotatable bonds is 4. The number of benzene rings is 1. The van der Waals surface area contributed by atoms with E-state index in [0.717, 1.165) is 6.54 Å². The maximum atomic E-state index is 12.4. The maximum absolute atomic E-state index is 12.4. The number of carbonyl (C=O) groups excluding carboxylic acids is 1. The van der Waals surface area contributed by atoms with Crippen LogP contribution in [0, 0.1) is 6.92 Å². The highest BCUT2D eigenvalue weighted by atomic mass is 35.5. The third kappa shape index (κ3) is 4.70. The lowest BCUT2D eigenvalue weighted by atomic mass is 9.83. The second-order valence-corrected chi connectivity index (χ2v) is 6.53. The number of hydrogen-bond donors (Lipinski definition) is 1. The van der Waals surface area contributed by atoms with Crippen molar-refractivity contribution in [1.29, 1.82) is 0 Å². The van der Waals surface area contributed by atoms with Crippen molar-refractivity contribution in [2.45, 2.75) is 32.2 Å². The number of morpholine rings is 1. The molecule has 1 heterocycles. The number of likely N-dealkylation sites (N-methyl/N-ethyl adjacent to an activating group) is 1. The summed E-state index contributed by atoms with van der Waals surface area (Å²) in [6, 6.07) is 8.33. The Labute approximate surface area is 139 Å². The summed E-state index contributed by atoms with van der Waals surface area (Å²) in [5, 5.41) is 3.22. The first-order valence-electron chi connectivity index (χ1n) is 7.53. The van der Waals surface area contributed by atoms with Gasteiger partial charge >= 0.3 is 0 Å². The van der Waals surface area contributed by atoms with E-state index in [2.05, 4.69) is 50.4 Å². The fraction of sp³-hybridized carbons (Fsp3) is 0.588. The van der Waals surface area contributed by atoms with Crippen LogP contribution in [0.2, 0.25) is 0 Å². The van der Waals surface area contributed by atoms with Crippen LogP contribution in [0.3, 0.4) is 0 Å². The lowest BCUT2D eigenvalue weighted by Crippen LogP contribution is -2.53. The van der Waals surface area contributed by atoms with Gasteiger partial charge < -0.3 is 15.0 Å². The van der Waals surface area contributed by atoms with Crippen molar-refractivity contribution >= 4 is 18.3 Å². The predicted octanol–water partition coefficient (Wildman–Crippen LogP) is 2.14. The molecule has 1 N–H and O–H groups in total. The Morgan fingerprint density at radius 2 is 2.00 bits per heavy atom. The van der Waals surface area contributed by atoms with E-state index in [9.17, 15) is 4.79 Å². The lowest BCUT2D eigenvalue weighted by molar-refractivity contribution is -0.135. The number of aryl methyl sites for hydroxylation is 1. The molecule has 1 aromatic carbocycles. The van der Waals surface area contributed by atoms with Crippen molar-refractivity contribution in [2.24, 2.45) is 0 Å². The van der Waals surface area contributed by atoms with Crippen LogP contribution in [0.15, 0.2) is 24.3 Å². The summed E-state index contributed by atoms with van der Waals surface area (Å²) in [7, 11) is 1.87. The zero-order valence-corrected chi connectivity index (χ0v) is 14.7. The third-order valence-electron chi connectivity index (χ3n) is 4.06. The van der Waals surface area contributed by atoms with Gasteiger partial charge in [-0.1, -0.05) is 43.7 Å². The van der Waals surface area contributed by atoms with Crippen LogP contribution in [0.5, 0.6) is 0 Å². The van der Waals surface area contributed by atoms with E-state index in [0.29, 0.717) is 19.8 Å². The maximum Gasteiger partial charge on any atom is 0.241 e. The van der Waals surface area contributed by atoms with E-state index in [1.165, 1.54) is 11.1 Å². The summed E-state index contributed by atoms with van der Waals surface area (Å²) >= 11 is 0. The number of halogens is 1. The molecular formula is C17H27ClN2O2. The molecule has 0 radical (unpaired) electrons. The van der Waals surface area contributed by atoms with Gasteiger partial charge in [0.1, 0.15) is 6.04 Å². The minimum absolute atomic E-state index is 0. The zero-order valence-electron chi connectivity index (χ0n) is 13.9. The standard InChI is InChI=1S/C17H26N2O2.ClH/c1-13-5-7-14(8-6-13)17(2,3)12-19(4)16(20)15-11-21-10-9-18-15;/h5-8,15,18H,9-12H2,1-4H3;1H. The van der Waals surface area contributed by atoms with Crippen LogP contribution in [-0.4, -0.2) is 50.2 Å². The van der Waals surface area contributed by atoms with Crippen LogP contribution in [0.4, 0.5) is 0 Å². The topological polar surface area (TPSA) is 41.6 Å². The Morgan fingerprint density at radius 3 is 2.55 bits per heavy atom. The van der Waals surface area contributed by atoms with E-state index in [1.54, 1.807) is 0 Å². The first kappa shape index (κ1) is 18.9. The molecule has 22 heavy (non-hydrogen) atoms. The third-order valence-corrected chi connectivity index (χ3v) is 4.06. The van der Waals surface area contributed by atoms with Gasteiger partial charge in [-0.15, -0.1) is 12.4 Å². The number of ether oxygens (including phenoxy) is 1. The molecule has 1 amide bonds. The van der Waals surface area contributed by atoms with E-state index < -0.39 is 0 Å². The summed E-state index contributed by atoms with van der Waals surface area (Å²) in [5.74, 6) is 0.106. The van der Waals surface area contributed by atoms with Gasteiger partial charge in [0, 0.05) is 25.6 Å². The zero-order chi connectivity index (χ0) is 15.5. The Bertz CT molecular complexity index is 482. The van der Waals surface area contributed by atoms with Crippen LogP contribution >= 0.6 is 12.4 Å². The molecule has 4 nitrogen and oxygen atoms in total. The summed E-state index contributed by atoms with van der Waals surface area (Å²) in [4.78, 5) is 14.3. The summed E-state index contributed by atoms with van der Waals surface area (Å²) in [5.41, 5.74) is 2.43. The fourth-order valence-corrected chi connectivity index (χ4v) is 2.76. The monoisotopic (exact) mass is 326 g/mol. The molecule has 1 fully saturated rings. The van der Waals surface area contributed by atoms with E-state index in [1.807, 2.05) is 11.9 Å². The number of hydrogen-bond acceptors (Lipinski definition) is 3. The first-order valence-corrected chi connectivity index (χ1v) is 7.53. The number of amides is 1. The molecule has 1 unspecified atom stereocenters. The molecule has 0 spiro atoms. The SMILES string of the molecule is Cc1ccc(C(C)(C)CN(C)C(=O)C2COCCN2)cc1.Cl. The number of carbonyl (C=O) groups is 1. The molecule has 0 bridgehead atoms. The lowest BCUT2D eigenvalue weighted by Gasteiger charge is -2.34. The van der Waals surface area contributed by atoms with Gasteiger partial charge in [0.15, 0.2) is 0 Å². The van der Waals surface area contributed by atoms with Gasteiger partial charge in [0.25, 0.3) is 0 Å². The van der Waals surface area contributed by atoms with Crippen molar-refractivity contribution in [3.8, 4) is 0 Å². The smallest absolute Gasteiger partial charge is 0.241 e. The molecule has 2 rings (SSSR count). The summed E-state index contributed by atoms with van der Waals surface area (Å²) in [6.07, 6.45) is 0. The van der Waals surface area contributed by atoms with Gasteiger partial charge in [0.05, 0.1) is 13.2 Å². The van der Waals surface area contributed by atoms with E-state index in [-0.39, 0.29) is 29.8 Å². The molecule has 0 saturated carbocycles. The predicted molar refractivity (Wildman–Crippen MR) is 91.7 cm³/mol. The molecule has 1 atom stereocenters. The van der Waals surface area contributed by atoms with Gasteiger partial charge in [0.2, 0.25) is 5.91 Å². The van der Waals surface area contributed by atoms with Gasteiger partial charge in [-0.2, -0.15) is 0 Å². The first-order chi connectivity index (χ1) is 9.90. The van der Waals surface area contributed by atoms with Crippen molar-refractivity contribution in [3.63, 3.8) is 0 Å². The average Bonchev–Trinajstić information content (AvgIpc) is 2.47. The minimum Gasteiger partial charge on any atom is -0.378 e. The average molecular weight is 327 g/mol. The quantitative estimate of drug-likeness (QED) is 0.921.